The molecule has 0 radical (unpaired) electrons. The maximum absolute atomic E-state index is 9.52. The van der Waals surface area contributed by atoms with Gasteiger partial charge in [-0.1, -0.05) is 41.6 Å². The van der Waals surface area contributed by atoms with Crippen molar-refractivity contribution < 1.29 is 5.11 Å². The van der Waals surface area contributed by atoms with Gasteiger partial charge in [0.05, 0.1) is 11.1 Å². The van der Waals surface area contributed by atoms with Crippen LogP contribution < -0.4 is 0 Å². The van der Waals surface area contributed by atoms with Gasteiger partial charge in [0, 0.05) is 14.3 Å². The molecule has 0 aliphatic rings. The van der Waals surface area contributed by atoms with Crippen molar-refractivity contribution in [2.75, 3.05) is 0 Å². The standard InChI is InChI=1S/C14H12BrClOS/c1-9(17)10-6-7-13(11(15)8-10)18-14-5-3-2-4-12(14)16/h2-9,17H,1H3. The maximum Gasteiger partial charge on any atom is 0.0762 e. The van der Waals surface area contributed by atoms with E-state index in [9.17, 15) is 5.11 Å². The summed E-state index contributed by atoms with van der Waals surface area (Å²) in [6.07, 6.45) is -0.458. The zero-order valence-corrected chi connectivity index (χ0v) is 12.9. The van der Waals surface area contributed by atoms with Crippen molar-refractivity contribution in [2.45, 2.75) is 22.8 Å². The van der Waals surface area contributed by atoms with Gasteiger partial charge < -0.3 is 5.11 Å². The Balaban J connectivity index is 2.28. The highest BCUT2D eigenvalue weighted by atomic mass is 79.9. The molecule has 0 spiro atoms. The third kappa shape index (κ3) is 3.29. The lowest BCUT2D eigenvalue weighted by atomic mass is 10.1. The molecule has 4 heteroatoms. The molecule has 1 nitrogen and oxygen atoms in total. The Kier molecular flexibility index (Phi) is 4.73. The van der Waals surface area contributed by atoms with E-state index in [4.69, 9.17) is 11.6 Å². The van der Waals surface area contributed by atoms with Gasteiger partial charge in [-0.2, -0.15) is 0 Å². The lowest BCUT2D eigenvalue weighted by Gasteiger charge is -2.09. The Bertz CT molecular complexity index is 557. The molecule has 1 N–H and O–H groups in total. The number of rotatable bonds is 3. The zero-order valence-electron chi connectivity index (χ0n) is 9.73. The van der Waals surface area contributed by atoms with Gasteiger partial charge in [-0.05, 0) is 52.7 Å². The predicted octanol–water partition coefficient (Wildman–Crippen LogP) is 5.31. The molecule has 0 aromatic heterocycles. The summed E-state index contributed by atoms with van der Waals surface area (Å²) in [5, 5.41) is 10.3. The molecule has 0 aliphatic carbocycles. The van der Waals surface area contributed by atoms with Crippen LogP contribution in [0.1, 0.15) is 18.6 Å². The first-order chi connectivity index (χ1) is 8.58. The smallest absolute Gasteiger partial charge is 0.0762 e. The minimum Gasteiger partial charge on any atom is -0.389 e. The largest absolute Gasteiger partial charge is 0.389 e. The molecule has 1 atom stereocenters. The van der Waals surface area contributed by atoms with Gasteiger partial charge in [0.15, 0.2) is 0 Å². The van der Waals surface area contributed by atoms with E-state index < -0.39 is 6.10 Å². The summed E-state index contributed by atoms with van der Waals surface area (Å²) in [7, 11) is 0. The number of aliphatic hydroxyl groups excluding tert-OH is 1. The minimum atomic E-state index is -0.458. The molecule has 0 saturated carbocycles. The highest BCUT2D eigenvalue weighted by Gasteiger charge is 2.08. The molecule has 0 bridgehead atoms. The fourth-order valence-electron chi connectivity index (χ4n) is 1.51. The number of hydrogen-bond acceptors (Lipinski definition) is 2. The maximum atomic E-state index is 9.52. The van der Waals surface area contributed by atoms with Gasteiger partial charge in [-0.25, -0.2) is 0 Å². The van der Waals surface area contributed by atoms with Crippen LogP contribution in [-0.4, -0.2) is 5.11 Å². The van der Waals surface area contributed by atoms with Crippen molar-refractivity contribution >= 4 is 39.3 Å². The van der Waals surface area contributed by atoms with Crippen LogP contribution in [0.5, 0.6) is 0 Å². The second kappa shape index (κ2) is 6.11. The normalized spacial score (nSPS) is 12.4. The van der Waals surface area contributed by atoms with Crippen LogP contribution in [0.3, 0.4) is 0 Å². The minimum absolute atomic E-state index is 0.458. The molecule has 0 aliphatic heterocycles. The molecule has 2 aromatic carbocycles. The van der Waals surface area contributed by atoms with Crippen LogP contribution in [0, 0.1) is 0 Å². The number of hydrogen-bond donors (Lipinski definition) is 1. The first-order valence-corrected chi connectivity index (χ1v) is 7.46. The highest BCUT2D eigenvalue weighted by Crippen LogP contribution is 2.37. The quantitative estimate of drug-likeness (QED) is 0.815. The van der Waals surface area contributed by atoms with Crippen molar-refractivity contribution in [3.8, 4) is 0 Å². The molecule has 0 saturated heterocycles. The molecule has 2 aromatic rings. The first kappa shape index (κ1) is 13.9. The van der Waals surface area contributed by atoms with E-state index in [-0.39, 0.29) is 0 Å². The third-order valence-corrected chi connectivity index (χ3v) is 5.01. The van der Waals surface area contributed by atoms with Crippen molar-refractivity contribution in [3.63, 3.8) is 0 Å². The van der Waals surface area contributed by atoms with Crippen LogP contribution in [0.2, 0.25) is 5.02 Å². The topological polar surface area (TPSA) is 20.2 Å². The van der Waals surface area contributed by atoms with E-state index in [1.54, 1.807) is 18.7 Å². The van der Waals surface area contributed by atoms with Gasteiger partial charge >= 0.3 is 0 Å². The molecule has 0 fully saturated rings. The monoisotopic (exact) mass is 342 g/mol. The first-order valence-electron chi connectivity index (χ1n) is 5.48. The molecule has 0 heterocycles. The van der Waals surface area contributed by atoms with Crippen molar-refractivity contribution in [2.24, 2.45) is 0 Å². The van der Waals surface area contributed by atoms with E-state index in [0.29, 0.717) is 0 Å². The fraction of sp³-hybridized carbons (Fsp3) is 0.143. The molecule has 0 amide bonds. The Morgan fingerprint density at radius 1 is 1.17 bits per heavy atom. The van der Waals surface area contributed by atoms with E-state index >= 15 is 0 Å². The van der Waals surface area contributed by atoms with E-state index in [1.807, 2.05) is 42.5 Å². The number of halogens is 2. The summed E-state index contributed by atoms with van der Waals surface area (Å²) in [5.41, 5.74) is 0.894. The molecular formula is C14H12BrClOS. The van der Waals surface area contributed by atoms with Gasteiger partial charge in [0.2, 0.25) is 0 Å². The van der Waals surface area contributed by atoms with Crippen LogP contribution in [-0.2, 0) is 0 Å². The summed E-state index contributed by atoms with van der Waals surface area (Å²) in [6, 6.07) is 13.6. The van der Waals surface area contributed by atoms with E-state index in [0.717, 1.165) is 24.8 Å². The van der Waals surface area contributed by atoms with Crippen molar-refractivity contribution in [1.82, 2.24) is 0 Å². The average molecular weight is 344 g/mol. The van der Waals surface area contributed by atoms with Gasteiger partial charge in [0.1, 0.15) is 0 Å². The second-order valence-corrected chi connectivity index (χ2v) is 6.24. The summed E-state index contributed by atoms with van der Waals surface area (Å²) in [4.78, 5) is 2.09. The Morgan fingerprint density at radius 3 is 2.50 bits per heavy atom. The van der Waals surface area contributed by atoms with Crippen molar-refractivity contribution in [1.29, 1.82) is 0 Å². The Hall–Kier alpha value is -0.480. The lowest BCUT2D eigenvalue weighted by Crippen LogP contribution is -1.90. The molecule has 18 heavy (non-hydrogen) atoms. The summed E-state index contributed by atoms with van der Waals surface area (Å²) < 4.78 is 0.964. The average Bonchev–Trinajstić information content (AvgIpc) is 2.34. The zero-order chi connectivity index (χ0) is 13.1. The summed E-state index contributed by atoms with van der Waals surface area (Å²) >= 11 is 11.3. The lowest BCUT2D eigenvalue weighted by molar-refractivity contribution is 0.199. The van der Waals surface area contributed by atoms with Crippen LogP contribution >= 0.6 is 39.3 Å². The highest BCUT2D eigenvalue weighted by molar-refractivity contribution is 9.10. The van der Waals surface area contributed by atoms with Gasteiger partial charge in [-0.15, -0.1) is 0 Å². The van der Waals surface area contributed by atoms with Crippen molar-refractivity contribution in [3.05, 3.63) is 57.5 Å². The number of benzene rings is 2. The predicted molar refractivity (Wildman–Crippen MR) is 80.4 cm³/mol. The fourth-order valence-corrected chi connectivity index (χ4v) is 3.24. The molecule has 2 rings (SSSR count). The number of aliphatic hydroxyl groups is 1. The van der Waals surface area contributed by atoms with Crippen LogP contribution in [0.4, 0.5) is 0 Å². The molecule has 94 valence electrons. The van der Waals surface area contributed by atoms with Gasteiger partial charge in [0.25, 0.3) is 0 Å². The Morgan fingerprint density at radius 2 is 1.89 bits per heavy atom. The van der Waals surface area contributed by atoms with Crippen LogP contribution in [0.25, 0.3) is 0 Å². The Labute approximate surface area is 124 Å². The van der Waals surface area contributed by atoms with E-state index in [1.165, 1.54) is 0 Å². The SMILES string of the molecule is CC(O)c1ccc(Sc2ccccc2Cl)c(Br)c1. The molecule has 1 unspecified atom stereocenters. The van der Waals surface area contributed by atoms with Gasteiger partial charge in [-0.3, -0.25) is 0 Å². The summed E-state index contributed by atoms with van der Waals surface area (Å²) in [5.74, 6) is 0. The second-order valence-electron chi connectivity index (χ2n) is 3.90. The van der Waals surface area contributed by atoms with Crippen LogP contribution in [0.15, 0.2) is 56.7 Å². The summed E-state index contributed by atoms with van der Waals surface area (Å²) in [6.45, 7) is 1.75. The third-order valence-electron chi connectivity index (χ3n) is 2.49. The van der Waals surface area contributed by atoms with E-state index in [2.05, 4.69) is 15.9 Å². The molecular weight excluding hydrogens is 332 g/mol.